The van der Waals surface area contributed by atoms with Crippen LogP contribution in [0.15, 0.2) is 24.3 Å². The second-order valence-electron chi connectivity index (χ2n) is 5.27. The highest BCUT2D eigenvalue weighted by Gasteiger charge is 2.24. The van der Waals surface area contributed by atoms with Crippen LogP contribution in [0.3, 0.4) is 0 Å². The second-order valence-corrected chi connectivity index (χ2v) is 5.27. The maximum Gasteiger partial charge on any atom is 0.128 e. The van der Waals surface area contributed by atoms with E-state index in [9.17, 15) is 4.39 Å². The summed E-state index contributed by atoms with van der Waals surface area (Å²) in [6, 6.07) is 6.72. The molecule has 0 spiro atoms. The van der Waals surface area contributed by atoms with Crippen LogP contribution < -0.4 is 5.32 Å². The monoisotopic (exact) mass is 281 g/mol. The third-order valence-corrected chi connectivity index (χ3v) is 3.51. The molecule has 1 aliphatic heterocycles. The van der Waals surface area contributed by atoms with Crippen molar-refractivity contribution in [1.29, 1.82) is 0 Å². The van der Waals surface area contributed by atoms with Gasteiger partial charge in [0.15, 0.2) is 0 Å². The standard InChI is InChI=1S/C16H24FNO2/c1-2-9-18-10-14-7-8-15(20-14)12-19-11-13-5-3-4-6-16(13)17/h3-6,14-15,18H,2,7-12H2,1H3. The summed E-state index contributed by atoms with van der Waals surface area (Å²) in [7, 11) is 0. The van der Waals surface area contributed by atoms with Crippen LogP contribution in [0, 0.1) is 5.82 Å². The Morgan fingerprint density at radius 3 is 2.90 bits per heavy atom. The molecule has 0 aromatic heterocycles. The molecule has 1 fully saturated rings. The van der Waals surface area contributed by atoms with Crippen molar-refractivity contribution in [3.05, 3.63) is 35.6 Å². The first-order valence-electron chi connectivity index (χ1n) is 7.47. The predicted molar refractivity (Wildman–Crippen MR) is 77.1 cm³/mol. The van der Waals surface area contributed by atoms with Gasteiger partial charge < -0.3 is 14.8 Å². The van der Waals surface area contributed by atoms with E-state index in [-0.39, 0.29) is 11.9 Å². The highest BCUT2D eigenvalue weighted by atomic mass is 19.1. The van der Waals surface area contributed by atoms with E-state index in [4.69, 9.17) is 9.47 Å². The summed E-state index contributed by atoms with van der Waals surface area (Å²) < 4.78 is 24.9. The maximum atomic E-state index is 13.4. The van der Waals surface area contributed by atoms with E-state index in [2.05, 4.69) is 12.2 Å². The van der Waals surface area contributed by atoms with Gasteiger partial charge in [-0.25, -0.2) is 4.39 Å². The SMILES string of the molecule is CCCNCC1CCC(COCc2ccccc2F)O1. The van der Waals surface area contributed by atoms with Crippen LogP contribution in [0.2, 0.25) is 0 Å². The molecule has 2 rings (SSSR count). The summed E-state index contributed by atoms with van der Waals surface area (Å²) >= 11 is 0. The number of ether oxygens (including phenoxy) is 2. The number of halogens is 1. The Morgan fingerprint density at radius 1 is 1.30 bits per heavy atom. The molecule has 2 unspecified atom stereocenters. The molecule has 1 saturated heterocycles. The van der Waals surface area contributed by atoms with Crippen molar-refractivity contribution in [2.45, 2.75) is 45.0 Å². The number of nitrogens with one attached hydrogen (secondary N) is 1. The fourth-order valence-electron chi connectivity index (χ4n) is 2.41. The van der Waals surface area contributed by atoms with Crippen molar-refractivity contribution >= 4 is 0 Å². The van der Waals surface area contributed by atoms with Crippen LogP contribution in [-0.2, 0) is 16.1 Å². The molecule has 20 heavy (non-hydrogen) atoms. The van der Waals surface area contributed by atoms with E-state index in [0.29, 0.717) is 24.9 Å². The minimum absolute atomic E-state index is 0.148. The van der Waals surface area contributed by atoms with Crippen molar-refractivity contribution in [2.75, 3.05) is 19.7 Å². The fraction of sp³-hybridized carbons (Fsp3) is 0.625. The Kier molecular flexibility index (Phi) is 6.43. The first kappa shape index (κ1) is 15.4. The molecule has 3 nitrogen and oxygen atoms in total. The predicted octanol–water partition coefficient (Wildman–Crippen LogP) is 2.89. The molecule has 1 aromatic rings. The van der Waals surface area contributed by atoms with Gasteiger partial charge in [0, 0.05) is 12.1 Å². The Morgan fingerprint density at radius 2 is 2.10 bits per heavy atom. The molecule has 0 saturated carbocycles. The summed E-state index contributed by atoms with van der Waals surface area (Å²) in [5.41, 5.74) is 0.603. The van der Waals surface area contributed by atoms with Gasteiger partial charge in [-0.1, -0.05) is 25.1 Å². The van der Waals surface area contributed by atoms with Gasteiger partial charge in [-0.3, -0.25) is 0 Å². The van der Waals surface area contributed by atoms with Crippen molar-refractivity contribution < 1.29 is 13.9 Å². The van der Waals surface area contributed by atoms with Gasteiger partial charge in [0.25, 0.3) is 0 Å². The fourth-order valence-corrected chi connectivity index (χ4v) is 2.41. The van der Waals surface area contributed by atoms with Gasteiger partial charge in [-0.2, -0.15) is 0 Å². The summed E-state index contributed by atoms with van der Waals surface area (Å²) in [5.74, 6) is -0.207. The lowest BCUT2D eigenvalue weighted by Crippen LogP contribution is -2.28. The number of benzene rings is 1. The van der Waals surface area contributed by atoms with E-state index >= 15 is 0 Å². The number of hydrogen-bond acceptors (Lipinski definition) is 3. The lowest BCUT2D eigenvalue weighted by molar-refractivity contribution is -0.0194. The second kappa shape index (κ2) is 8.35. The zero-order chi connectivity index (χ0) is 14.2. The van der Waals surface area contributed by atoms with Crippen LogP contribution in [0.5, 0.6) is 0 Å². The van der Waals surface area contributed by atoms with Crippen molar-refractivity contribution in [2.24, 2.45) is 0 Å². The van der Waals surface area contributed by atoms with Crippen LogP contribution in [0.25, 0.3) is 0 Å². The molecule has 1 aliphatic rings. The van der Waals surface area contributed by atoms with Gasteiger partial charge in [-0.15, -0.1) is 0 Å². The molecule has 4 heteroatoms. The largest absolute Gasteiger partial charge is 0.374 e. The zero-order valence-electron chi connectivity index (χ0n) is 12.1. The normalized spacial score (nSPS) is 22.3. The Labute approximate surface area is 120 Å². The first-order valence-corrected chi connectivity index (χ1v) is 7.47. The molecule has 0 bridgehead atoms. The third-order valence-electron chi connectivity index (χ3n) is 3.51. The Balaban J connectivity index is 1.62. The smallest absolute Gasteiger partial charge is 0.128 e. The molecule has 2 atom stereocenters. The van der Waals surface area contributed by atoms with Gasteiger partial charge >= 0.3 is 0 Å². The molecule has 0 aliphatic carbocycles. The van der Waals surface area contributed by atoms with Crippen LogP contribution >= 0.6 is 0 Å². The molecular formula is C16H24FNO2. The van der Waals surface area contributed by atoms with Crippen molar-refractivity contribution in [3.63, 3.8) is 0 Å². The summed E-state index contributed by atoms with van der Waals surface area (Å²) in [6.45, 7) is 4.96. The summed E-state index contributed by atoms with van der Waals surface area (Å²) in [5, 5.41) is 3.37. The van der Waals surface area contributed by atoms with Crippen molar-refractivity contribution in [1.82, 2.24) is 5.32 Å². The quantitative estimate of drug-likeness (QED) is 0.743. The molecular weight excluding hydrogens is 257 g/mol. The average Bonchev–Trinajstić information content (AvgIpc) is 2.89. The molecule has 1 heterocycles. The van der Waals surface area contributed by atoms with Crippen LogP contribution in [0.4, 0.5) is 4.39 Å². The Hall–Kier alpha value is -0.970. The highest BCUT2D eigenvalue weighted by molar-refractivity contribution is 5.16. The minimum Gasteiger partial charge on any atom is -0.374 e. The van der Waals surface area contributed by atoms with Crippen LogP contribution in [-0.4, -0.2) is 31.9 Å². The molecule has 1 aromatic carbocycles. The molecule has 112 valence electrons. The minimum atomic E-state index is -0.207. The van der Waals surface area contributed by atoms with Gasteiger partial charge in [0.05, 0.1) is 25.4 Å². The summed E-state index contributed by atoms with van der Waals surface area (Å²) in [4.78, 5) is 0. The van der Waals surface area contributed by atoms with Gasteiger partial charge in [-0.05, 0) is 31.9 Å². The lowest BCUT2D eigenvalue weighted by atomic mass is 10.2. The first-order chi connectivity index (χ1) is 9.79. The summed E-state index contributed by atoms with van der Waals surface area (Å²) in [6.07, 6.45) is 3.68. The molecule has 0 radical (unpaired) electrons. The van der Waals surface area contributed by atoms with Gasteiger partial charge in [0.2, 0.25) is 0 Å². The van der Waals surface area contributed by atoms with Gasteiger partial charge in [0.1, 0.15) is 5.82 Å². The Bertz CT molecular complexity index is 400. The van der Waals surface area contributed by atoms with Crippen molar-refractivity contribution in [3.8, 4) is 0 Å². The molecule has 1 N–H and O–H groups in total. The zero-order valence-corrected chi connectivity index (χ0v) is 12.1. The van der Waals surface area contributed by atoms with E-state index < -0.39 is 0 Å². The van der Waals surface area contributed by atoms with E-state index in [1.165, 1.54) is 6.07 Å². The van der Waals surface area contributed by atoms with E-state index in [1.807, 2.05) is 6.07 Å². The highest BCUT2D eigenvalue weighted by Crippen LogP contribution is 2.20. The number of rotatable bonds is 8. The number of hydrogen-bond donors (Lipinski definition) is 1. The van der Waals surface area contributed by atoms with E-state index in [0.717, 1.165) is 32.4 Å². The third kappa shape index (κ3) is 4.85. The lowest BCUT2D eigenvalue weighted by Gasteiger charge is -2.14. The van der Waals surface area contributed by atoms with Crippen LogP contribution in [0.1, 0.15) is 31.7 Å². The van der Waals surface area contributed by atoms with E-state index in [1.54, 1.807) is 12.1 Å². The average molecular weight is 281 g/mol. The topological polar surface area (TPSA) is 30.5 Å². The maximum absolute atomic E-state index is 13.4. The molecule has 0 amide bonds.